The number of aliphatic carboxylic acids is 2. The van der Waals surface area contributed by atoms with Crippen molar-refractivity contribution in [3.8, 4) is 11.5 Å². The number of carboxylic acids is 2. The molecule has 0 aliphatic carbocycles. The minimum Gasteiger partial charge on any atom is -0.492 e. The summed E-state index contributed by atoms with van der Waals surface area (Å²) >= 11 is 26.2. The van der Waals surface area contributed by atoms with Crippen molar-refractivity contribution >= 4 is 69.9 Å². The molecule has 228 valence electrons. The average Bonchev–Trinajstić information content (AvgIpc) is 2.96. The maximum atomic E-state index is 14.0. The predicted octanol–water partition coefficient (Wildman–Crippen LogP) is 8.75. The Morgan fingerprint density at radius 1 is 0.833 bits per heavy atom. The van der Waals surface area contributed by atoms with Crippen LogP contribution in [-0.2, 0) is 14.3 Å². The molecule has 1 atom stereocenters. The van der Waals surface area contributed by atoms with E-state index in [1.807, 2.05) is 13.8 Å². The molecule has 1 heterocycles. The number of benzene rings is 2. The fourth-order valence-corrected chi connectivity index (χ4v) is 5.55. The largest absolute Gasteiger partial charge is 0.492 e. The highest BCUT2D eigenvalue weighted by Crippen LogP contribution is 2.47. The van der Waals surface area contributed by atoms with Gasteiger partial charge in [0.15, 0.2) is 5.60 Å². The first kappa shape index (κ1) is 33.8. The Balaban J connectivity index is 1.88. The molecule has 0 aromatic heterocycles. The van der Waals surface area contributed by atoms with E-state index in [-0.39, 0.29) is 69.7 Å². The van der Waals surface area contributed by atoms with Gasteiger partial charge < -0.3 is 24.4 Å². The molecule has 12 heteroatoms. The van der Waals surface area contributed by atoms with Gasteiger partial charge in [-0.3, -0.25) is 14.4 Å². The van der Waals surface area contributed by atoms with E-state index in [9.17, 15) is 14.4 Å². The summed E-state index contributed by atoms with van der Waals surface area (Å²) in [4.78, 5) is 35.5. The zero-order valence-electron chi connectivity index (χ0n) is 23.2. The highest BCUT2D eigenvalue weighted by Gasteiger charge is 2.44. The lowest BCUT2D eigenvalue weighted by atomic mass is 9.81. The molecule has 8 nitrogen and oxygen atoms in total. The van der Waals surface area contributed by atoms with Crippen molar-refractivity contribution in [1.29, 1.82) is 0 Å². The molecule has 2 N–H and O–H groups in total. The molecule has 0 bridgehead atoms. The topological polar surface area (TPSA) is 119 Å². The normalized spacial score (nSPS) is 16.6. The predicted molar refractivity (Wildman–Crippen MR) is 163 cm³/mol. The van der Waals surface area contributed by atoms with Gasteiger partial charge in [-0.1, -0.05) is 60.3 Å². The van der Waals surface area contributed by atoms with Crippen molar-refractivity contribution in [2.45, 2.75) is 70.8 Å². The minimum absolute atomic E-state index is 0.0196. The van der Waals surface area contributed by atoms with Crippen LogP contribution in [0.15, 0.2) is 29.8 Å². The monoisotopic (exact) mass is 660 g/mol. The van der Waals surface area contributed by atoms with Crippen LogP contribution in [0.5, 0.6) is 11.5 Å². The molecule has 0 amide bonds. The van der Waals surface area contributed by atoms with Crippen molar-refractivity contribution in [3.05, 3.63) is 61.1 Å². The molecule has 0 radical (unpaired) electrons. The molecule has 0 spiro atoms. The summed E-state index contributed by atoms with van der Waals surface area (Å²) in [6.07, 6.45) is 2.49. The van der Waals surface area contributed by atoms with Gasteiger partial charge in [0.1, 0.15) is 27.3 Å². The number of Topliss-reactive ketones (excluding diaryl/α,β-unsaturated/α-hetero) is 1. The maximum Gasteiger partial charge on any atom is 0.303 e. The molecular weight excluding hydrogens is 630 g/mol. The second-order valence-electron chi connectivity index (χ2n) is 9.74. The molecule has 2 aromatic carbocycles. The first-order valence-electron chi connectivity index (χ1n) is 13.6. The van der Waals surface area contributed by atoms with Crippen molar-refractivity contribution in [3.63, 3.8) is 0 Å². The summed E-state index contributed by atoms with van der Waals surface area (Å²) in [5.41, 5.74) is 0.396. The summed E-state index contributed by atoms with van der Waals surface area (Å²) in [5.74, 6) is -1.16. The van der Waals surface area contributed by atoms with E-state index in [4.69, 9.17) is 70.8 Å². The number of hydrogen-bond donors (Lipinski definition) is 2. The van der Waals surface area contributed by atoms with Crippen molar-refractivity contribution in [1.82, 2.24) is 0 Å². The van der Waals surface area contributed by atoms with E-state index >= 15 is 0 Å². The number of ketones is 1. The zero-order valence-corrected chi connectivity index (χ0v) is 26.3. The molecular formula is C30H32Cl4O8. The number of ether oxygens (including phenoxy) is 3. The van der Waals surface area contributed by atoms with Crippen LogP contribution in [0.3, 0.4) is 0 Å². The molecule has 42 heavy (non-hydrogen) atoms. The molecule has 1 aliphatic heterocycles. The van der Waals surface area contributed by atoms with Gasteiger partial charge in [-0.15, -0.1) is 0 Å². The molecule has 0 saturated heterocycles. The Bertz CT molecular complexity index is 1370. The van der Waals surface area contributed by atoms with Crippen LogP contribution in [-0.4, -0.2) is 46.7 Å². The van der Waals surface area contributed by atoms with E-state index in [1.165, 1.54) is 12.1 Å². The molecule has 2 aromatic rings. The summed E-state index contributed by atoms with van der Waals surface area (Å²) in [5, 5.41) is 18.1. The third-order valence-corrected chi connectivity index (χ3v) is 8.76. The van der Waals surface area contributed by atoms with E-state index in [0.717, 1.165) is 5.57 Å². The summed E-state index contributed by atoms with van der Waals surface area (Å²) in [7, 11) is 0. The lowest BCUT2D eigenvalue weighted by molar-refractivity contribution is -0.138. The number of halogens is 4. The van der Waals surface area contributed by atoms with Crippen LogP contribution < -0.4 is 9.47 Å². The fourth-order valence-electron chi connectivity index (χ4n) is 4.63. The third kappa shape index (κ3) is 7.84. The highest BCUT2D eigenvalue weighted by atomic mass is 35.5. The second kappa shape index (κ2) is 15.2. The van der Waals surface area contributed by atoms with Gasteiger partial charge in [-0.2, -0.15) is 0 Å². The Morgan fingerprint density at radius 3 is 1.90 bits per heavy atom. The second-order valence-corrected chi connectivity index (χ2v) is 11.2. The Kier molecular flexibility index (Phi) is 12.2. The zero-order chi connectivity index (χ0) is 31.0. The number of carbonyl (C=O) groups excluding carboxylic acids is 1. The number of carboxylic acid groups (broad SMARTS) is 2. The van der Waals surface area contributed by atoms with Gasteiger partial charge >= 0.3 is 11.9 Å². The quantitative estimate of drug-likeness (QED) is 0.144. The number of hydrogen-bond acceptors (Lipinski definition) is 6. The number of rotatable bonds is 15. The maximum absolute atomic E-state index is 14.0. The van der Waals surface area contributed by atoms with Gasteiger partial charge in [0.25, 0.3) is 0 Å². The lowest BCUT2D eigenvalue weighted by Gasteiger charge is -2.39. The van der Waals surface area contributed by atoms with Crippen LogP contribution >= 0.6 is 46.4 Å². The third-order valence-electron chi connectivity index (χ3n) is 7.03. The van der Waals surface area contributed by atoms with Gasteiger partial charge in [-0.25, -0.2) is 0 Å². The number of carbonyl (C=O) groups is 3. The van der Waals surface area contributed by atoms with E-state index < -0.39 is 17.5 Å². The van der Waals surface area contributed by atoms with Crippen LogP contribution in [0.2, 0.25) is 20.1 Å². The summed E-state index contributed by atoms with van der Waals surface area (Å²) in [6, 6.07) is 6.42. The summed E-state index contributed by atoms with van der Waals surface area (Å²) in [6.45, 7) is 4.12. The Labute approximate surface area is 264 Å². The SMILES string of the molecule is CCC1=C(c2ccc(OCCCC(=O)O)c(Cl)c2Cl)OC(CC)(C(=O)c2ccc(OCCCC(=O)O)c(Cl)c2Cl)CC1. The molecule has 1 unspecified atom stereocenters. The minimum atomic E-state index is -1.26. The van der Waals surface area contributed by atoms with Gasteiger partial charge in [0.05, 0.1) is 23.3 Å². The van der Waals surface area contributed by atoms with E-state index in [2.05, 4.69) is 0 Å². The highest BCUT2D eigenvalue weighted by molar-refractivity contribution is 6.45. The number of allylic oxidation sites excluding steroid dienone is 1. The van der Waals surface area contributed by atoms with E-state index in [0.29, 0.717) is 49.2 Å². The first-order chi connectivity index (χ1) is 20.0. The molecule has 1 aliphatic rings. The van der Waals surface area contributed by atoms with Crippen LogP contribution in [0.25, 0.3) is 5.76 Å². The van der Waals surface area contributed by atoms with Crippen molar-refractivity contribution in [2.24, 2.45) is 0 Å². The van der Waals surface area contributed by atoms with Gasteiger partial charge in [0.2, 0.25) is 5.78 Å². The van der Waals surface area contributed by atoms with Crippen LogP contribution in [0.1, 0.15) is 81.1 Å². The Hall–Kier alpha value is -2.65. The average molecular weight is 662 g/mol. The standard InChI is InChI=1S/C30H32Cl4O8/c1-3-17-13-14-30(4-2,29(39)19-10-12-21(27(34)25(19)32)41-16-6-8-23(37)38)42-28(17)18-9-11-20(26(33)24(18)31)40-15-5-7-22(35)36/h9-12H,3-8,13-16H2,1-2H3,(H,35,36)(H,37,38). The summed E-state index contributed by atoms with van der Waals surface area (Å²) < 4.78 is 17.8. The smallest absolute Gasteiger partial charge is 0.303 e. The van der Waals surface area contributed by atoms with Crippen LogP contribution in [0.4, 0.5) is 0 Å². The Morgan fingerprint density at radius 2 is 1.38 bits per heavy atom. The van der Waals surface area contributed by atoms with Gasteiger partial charge in [-0.05, 0) is 68.4 Å². The van der Waals surface area contributed by atoms with Crippen LogP contribution in [0, 0.1) is 0 Å². The van der Waals surface area contributed by atoms with Gasteiger partial charge in [0, 0.05) is 24.0 Å². The van der Waals surface area contributed by atoms with Crippen molar-refractivity contribution in [2.75, 3.05) is 13.2 Å². The fraction of sp³-hybridized carbons (Fsp3) is 0.433. The van der Waals surface area contributed by atoms with E-state index in [1.54, 1.807) is 12.1 Å². The first-order valence-corrected chi connectivity index (χ1v) is 15.1. The van der Waals surface area contributed by atoms with Crippen molar-refractivity contribution < 1.29 is 38.8 Å². The lowest BCUT2D eigenvalue weighted by Crippen LogP contribution is -2.43. The molecule has 0 fully saturated rings. The molecule has 3 rings (SSSR count). The molecule has 0 saturated carbocycles.